The Hall–Kier alpha value is -3.01. The Labute approximate surface area is 160 Å². The fourth-order valence-electron chi connectivity index (χ4n) is 3.00. The normalized spacial score (nSPS) is 11.7. The molecule has 5 N–H and O–H groups in total. The molecule has 0 unspecified atom stereocenters. The molecule has 4 aromatic rings. The first-order chi connectivity index (χ1) is 12.8. The number of nitrogens with one attached hydrogen (secondary N) is 1. The zero-order valence-electron chi connectivity index (χ0n) is 14.0. The zero-order chi connectivity index (χ0) is 19.2. The monoisotopic (exact) mass is 397 g/mol. The highest BCUT2D eigenvalue weighted by Gasteiger charge is 2.16. The quantitative estimate of drug-likeness (QED) is 0.459. The molecule has 4 rings (SSSR count). The van der Waals surface area contributed by atoms with Crippen LogP contribution in [0.25, 0.3) is 27.8 Å². The van der Waals surface area contributed by atoms with Crippen molar-refractivity contribution in [3.8, 4) is 16.8 Å². The minimum Gasteiger partial charge on any atom is -0.385 e. The van der Waals surface area contributed by atoms with E-state index < -0.39 is 10.0 Å². The van der Waals surface area contributed by atoms with Crippen molar-refractivity contribution in [1.82, 2.24) is 14.5 Å². The van der Waals surface area contributed by atoms with Crippen LogP contribution < -0.4 is 10.9 Å². The molecule has 0 aliphatic carbocycles. The molecule has 0 amide bonds. The van der Waals surface area contributed by atoms with E-state index in [1.807, 2.05) is 41.1 Å². The molecule has 0 saturated carbocycles. The smallest absolute Gasteiger partial charge is 0.238 e. The number of hydrogen-bond donors (Lipinski definition) is 3. The summed E-state index contributed by atoms with van der Waals surface area (Å²) < 4.78 is 25.1. The third-order valence-electron chi connectivity index (χ3n) is 4.23. The van der Waals surface area contributed by atoms with Gasteiger partial charge in [-0.3, -0.25) is 0 Å². The molecule has 0 bridgehead atoms. The van der Waals surface area contributed by atoms with E-state index in [0.29, 0.717) is 17.2 Å². The number of H-pyrrole nitrogens is 1. The third kappa shape index (κ3) is 3.12. The van der Waals surface area contributed by atoms with Crippen LogP contribution in [0.2, 0.25) is 0 Å². The Bertz CT molecular complexity index is 1310. The summed E-state index contributed by atoms with van der Waals surface area (Å²) in [5.41, 5.74) is 9.35. The average Bonchev–Trinajstić information content (AvgIpc) is 3.01. The van der Waals surface area contributed by atoms with Crippen molar-refractivity contribution in [1.29, 1.82) is 0 Å². The molecule has 2 heterocycles. The van der Waals surface area contributed by atoms with Crippen LogP contribution in [0.15, 0.2) is 65.7 Å². The predicted molar refractivity (Wildman–Crippen MR) is 107 cm³/mol. The number of aromatic nitrogens is 3. The fourth-order valence-corrected chi connectivity index (χ4v) is 3.71. The number of anilines is 1. The van der Waals surface area contributed by atoms with E-state index in [1.54, 1.807) is 12.1 Å². The second-order valence-corrected chi connectivity index (χ2v) is 7.92. The molecule has 0 spiro atoms. The summed E-state index contributed by atoms with van der Waals surface area (Å²) in [5.74, 6) is 0.420. The number of aromatic amines is 1. The van der Waals surface area contributed by atoms with Gasteiger partial charge in [0.25, 0.3) is 0 Å². The first-order valence-corrected chi connectivity index (χ1v) is 9.89. The summed E-state index contributed by atoms with van der Waals surface area (Å²) >= 11 is 5.18. The van der Waals surface area contributed by atoms with Crippen LogP contribution >= 0.6 is 12.2 Å². The van der Waals surface area contributed by atoms with Gasteiger partial charge in [-0.15, -0.1) is 0 Å². The largest absolute Gasteiger partial charge is 0.385 e. The lowest BCUT2D eigenvalue weighted by atomic mass is 10.1. The minimum atomic E-state index is -3.76. The van der Waals surface area contributed by atoms with Crippen molar-refractivity contribution in [2.24, 2.45) is 5.14 Å². The van der Waals surface area contributed by atoms with Gasteiger partial charge in [-0.25, -0.2) is 18.5 Å². The molecule has 0 atom stereocenters. The van der Waals surface area contributed by atoms with Gasteiger partial charge < -0.3 is 15.3 Å². The lowest BCUT2D eigenvalue weighted by molar-refractivity contribution is 0.598. The zero-order valence-corrected chi connectivity index (χ0v) is 15.6. The van der Waals surface area contributed by atoms with Gasteiger partial charge in [-0.05, 0) is 42.0 Å². The summed E-state index contributed by atoms with van der Waals surface area (Å²) in [4.78, 5) is 7.36. The number of nitrogens with two attached hydrogens (primary N) is 2. The lowest BCUT2D eigenvalue weighted by Gasteiger charge is -2.06. The summed E-state index contributed by atoms with van der Waals surface area (Å²) in [6.45, 7) is 0. The Kier molecular flexibility index (Phi) is 4.06. The standard InChI is InChI=1S/C18H15N5O2S2/c19-16-15-14(11-4-2-1-3-5-11)10-23(17(15)22-18(26)21-16)12-6-8-13(9-7-12)27(20,24)25/h1-10H,(H2,20,24,25)(H3,19,21,22,26). The number of rotatable bonds is 3. The van der Waals surface area contributed by atoms with E-state index in [2.05, 4.69) is 9.97 Å². The maximum absolute atomic E-state index is 11.5. The second-order valence-electron chi connectivity index (χ2n) is 5.97. The van der Waals surface area contributed by atoms with Crippen molar-refractivity contribution >= 4 is 39.1 Å². The van der Waals surface area contributed by atoms with Crippen molar-refractivity contribution in [3.63, 3.8) is 0 Å². The Morgan fingerprint density at radius 1 is 1.04 bits per heavy atom. The van der Waals surface area contributed by atoms with Crippen molar-refractivity contribution in [2.75, 3.05) is 5.73 Å². The molecule has 27 heavy (non-hydrogen) atoms. The van der Waals surface area contributed by atoms with Gasteiger partial charge in [0.05, 0.1) is 10.3 Å². The molecule has 0 aliphatic heterocycles. The number of nitrogens with zero attached hydrogens (tertiary/aromatic N) is 2. The molecular weight excluding hydrogens is 382 g/mol. The molecule has 0 saturated heterocycles. The SMILES string of the molecule is Nc1[nH]c(=S)nc2c1c(-c1ccccc1)cn2-c1ccc(S(N)(=O)=O)cc1. The molecule has 136 valence electrons. The molecule has 0 aliphatic rings. The van der Waals surface area contributed by atoms with Crippen LogP contribution in [-0.2, 0) is 10.0 Å². The topological polar surface area (TPSA) is 120 Å². The molecule has 2 aromatic carbocycles. The van der Waals surface area contributed by atoms with Crippen LogP contribution in [0.4, 0.5) is 5.82 Å². The summed E-state index contributed by atoms with van der Waals surface area (Å²) in [6, 6.07) is 16.0. The fraction of sp³-hybridized carbons (Fsp3) is 0. The van der Waals surface area contributed by atoms with E-state index in [4.69, 9.17) is 23.1 Å². The number of sulfonamides is 1. The summed E-state index contributed by atoms with van der Waals surface area (Å²) in [5, 5.41) is 5.92. The van der Waals surface area contributed by atoms with E-state index >= 15 is 0 Å². The molecule has 0 radical (unpaired) electrons. The van der Waals surface area contributed by atoms with E-state index in [9.17, 15) is 8.42 Å². The molecule has 9 heteroatoms. The summed E-state index contributed by atoms with van der Waals surface area (Å²) in [7, 11) is -3.76. The average molecular weight is 397 g/mol. The Morgan fingerprint density at radius 3 is 2.33 bits per heavy atom. The van der Waals surface area contributed by atoms with Crippen molar-refractivity contribution in [2.45, 2.75) is 4.90 Å². The molecule has 0 fully saturated rings. The van der Waals surface area contributed by atoms with Gasteiger partial charge >= 0.3 is 0 Å². The van der Waals surface area contributed by atoms with Gasteiger partial charge in [0.2, 0.25) is 10.0 Å². The highest BCUT2D eigenvalue weighted by atomic mass is 32.2. The summed E-state index contributed by atoms with van der Waals surface area (Å²) in [6.07, 6.45) is 1.90. The highest BCUT2D eigenvalue weighted by molar-refractivity contribution is 7.89. The van der Waals surface area contributed by atoms with E-state index in [0.717, 1.165) is 16.5 Å². The van der Waals surface area contributed by atoms with Crippen LogP contribution in [-0.4, -0.2) is 23.0 Å². The predicted octanol–water partition coefficient (Wildman–Crippen LogP) is 2.98. The number of nitrogen functional groups attached to an aromatic ring is 1. The van der Waals surface area contributed by atoms with Crippen molar-refractivity contribution in [3.05, 3.63) is 65.6 Å². The van der Waals surface area contributed by atoms with Gasteiger partial charge in [0.15, 0.2) is 10.4 Å². The number of primary sulfonamides is 1. The lowest BCUT2D eigenvalue weighted by Crippen LogP contribution is -2.12. The van der Waals surface area contributed by atoms with Crippen LogP contribution in [0, 0.1) is 4.77 Å². The first kappa shape index (κ1) is 17.4. The van der Waals surface area contributed by atoms with Gasteiger partial charge in [0, 0.05) is 17.4 Å². The van der Waals surface area contributed by atoms with Gasteiger partial charge in [-0.2, -0.15) is 0 Å². The Morgan fingerprint density at radius 2 is 1.70 bits per heavy atom. The first-order valence-electron chi connectivity index (χ1n) is 7.94. The number of fused-ring (bicyclic) bond motifs is 1. The van der Waals surface area contributed by atoms with Gasteiger partial charge in [-0.1, -0.05) is 30.3 Å². The minimum absolute atomic E-state index is 0.0377. The van der Waals surface area contributed by atoms with E-state index in [-0.39, 0.29) is 9.67 Å². The van der Waals surface area contributed by atoms with Gasteiger partial charge in [0.1, 0.15) is 5.82 Å². The molecule has 7 nitrogen and oxygen atoms in total. The highest BCUT2D eigenvalue weighted by Crippen LogP contribution is 2.34. The van der Waals surface area contributed by atoms with Crippen molar-refractivity contribution < 1.29 is 8.42 Å². The Balaban J connectivity index is 2.00. The second kappa shape index (κ2) is 6.31. The van der Waals surface area contributed by atoms with Crippen LogP contribution in [0.5, 0.6) is 0 Å². The maximum atomic E-state index is 11.5. The maximum Gasteiger partial charge on any atom is 0.238 e. The van der Waals surface area contributed by atoms with E-state index in [1.165, 1.54) is 12.1 Å². The van der Waals surface area contributed by atoms with Crippen LogP contribution in [0.3, 0.4) is 0 Å². The molecular formula is C18H15N5O2S2. The molecule has 2 aromatic heterocycles. The third-order valence-corrected chi connectivity index (χ3v) is 5.35. The number of benzene rings is 2. The number of hydrogen-bond acceptors (Lipinski definition) is 5. The van der Waals surface area contributed by atoms with Crippen LogP contribution in [0.1, 0.15) is 0 Å².